The molecule has 1 heteroatoms. The highest BCUT2D eigenvalue weighted by atomic mass is 16.3. The van der Waals surface area contributed by atoms with Crippen molar-refractivity contribution in [2.45, 2.75) is 12.3 Å². The van der Waals surface area contributed by atoms with Gasteiger partial charge in [-0.3, -0.25) is 0 Å². The van der Waals surface area contributed by atoms with E-state index in [1.807, 2.05) is 36.4 Å². The highest BCUT2D eigenvalue weighted by molar-refractivity contribution is 5.86. The number of hydrogen-bond acceptors (Lipinski definition) is 1. The fourth-order valence-electron chi connectivity index (χ4n) is 3.21. The first kappa shape index (κ1) is 15.3. The lowest BCUT2D eigenvalue weighted by Crippen LogP contribution is -2.18. The molecule has 23 heavy (non-hydrogen) atoms. The van der Waals surface area contributed by atoms with Crippen LogP contribution in [0.15, 0.2) is 72.8 Å². The van der Waals surface area contributed by atoms with Crippen molar-refractivity contribution in [2.24, 2.45) is 5.92 Å². The minimum Gasteiger partial charge on any atom is -0.396 e. The van der Waals surface area contributed by atoms with Gasteiger partial charge in [0.05, 0.1) is 5.92 Å². The molecule has 0 unspecified atom stereocenters. The van der Waals surface area contributed by atoms with Gasteiger partial charge in [-0.15, -0.1) is 6.42 Å². The van der Waals surface area contributed by atoms with Crippen molar-refractivity contribution >= 4 is 10.8 Å². The summed E-state index contributed by atoms with van der Waals surface area (Å²) in [6.45, 7) is 0.0764. The van der Waals surface area contributed by atoms with Gasteiger partial charge in [0, 0.05) is 12.5 Å². The zero-order chi connectivity index (χ0) is 16.1. The normalized spacial score (nSPS) is 13.4. The van der Waals surface area contributed by atoms with E-state index < -0.39 is 0 Å². The lowest BCUT2D eigenvalue weighted by molar-refractivity contribution is 0.217. The molecule has 0 aliphatic carbocycles. The Hall–Kier alpha value is -2.56. The van der Waals surface area contributed by atoms with E-state index >= 15 is 0 Å². The predicted molar refractivity (Wildman–Crippen MR) is 96.2 cm³/mol. The minimum atomic E-state index is -0.105. The molecule has 0 saturated heterocycles. The second kappa shape index (κ2) is 7.13. The van der Waals surface area contributed by atoms with E-state index in [1.54, 1.807) is 0 Å². The van der Waals surface area contributed by atoms with Crippen LogP contribution in [0.2, 0.25) is 0 Å². The van der Waals surface area contributed by atoms with Gasteiger partial charge >= 0.3 is 0 Å². The fourth-order valence-corrected chi connectivity index (χ4v) is 3.21. The van der Waals surface area contributed by atoms with Gasteiger partial charge in [0.25, 0.3) is 0 Å². The molecule has 0 aliphatic rings. The largest absolute Gasteiger partial charge is 0.396 e. The van der Waals surface area contributed by atoms with Crippen LogP contribution in [-0.2, 0) is 6.42 Å². The number of rotatable bonds is 5. The summed E-state index contributed by atoms with van der Waals surface area (Å²) in [5.74, 6) is 2.82. The maximum Gasteiger partial charge on any atom is 0.0509 e. The Kier molecular flexibility index (Phi) is 4.76. The maximum atomic E-state index is 9.93. The molecular formula is C22H20O. The second-order valence-corrected chi connectivity index (χ2v) is 5.85. The van der Waals surface area contributed by atoms with E-state index in [4.69, 9.17) is 6.42 Å². The van der Waals surface area contributed by atoms with Crippen molar-refractivity contribution < 1.29 is 5.11 Å². The Morgan fingerprint density at radius 2 is 1.57 bits per heavy atom. The predicted octanol–water partition coefficient (Wildman–Crippen LogP) is 4.41. The van der Waals surface area contributed by atoms with Crippen LogP contribution in [0.5, 0.6) is 0 Å². The van der Waals surface area contributed by atoms with Crippen LogP contribution in [0.1, 0.15) is 17.0 Å². The van der Waals surface area contributed by atoms with E-state index in [9.17, 15) is 5.11 Å². The van der Waals surface area contributed by atoms with Gasteiger partial charge in [0.2, 0.25) is 0 Å². The van der Waals surface area contributed by atoms with E-state index in [-0.39, 0.29) is 18.4 Å². The molecule has 0 heterocycles. The second-order valence-electron chi connectivity index (χ2n) is 5.85. The van der Waals surface area contributed by atoms with Crippen molar-refractivity contribution in [3.8, 4) is 12.3 Å². The van der Waals surface area contributed by atoms with Crippen molar-refractivity contribution in [3.63, 3.8) is 0 Å². The Morgan fingerprint density at radius 1 is 0.870 bits per heavy atom. The summed E-state index contributed by atoms with van der Waals surface area (Å²) in [5.41, 5.74) is 2.33. The Labute approximate surface area is 137 Å². The summed E-state index contributed by atoms with van der Waals surface area (Å²) in [7, 11) is 0. The molecule has 0 bridgehead atoms. The average Bonchev–Trinajstić information content (AvgIpc) is 2.62. The van der Waals surface area contributed by atoms with Crippen LogP contribution in [-0.4, -0.2) is 11.7 Å². The smallest absolute Gasteiger partial charge is 0.0509 e. The molecule has 1 N–H and O–H groups in total. The molecule has 3 rings (SSSR count). The summed E-state index contributed by atoms with van der Waals surface area (Å²) in [5, 5.41) is 12.3. The summed E-state index contributed by atoms with van der Waals surface area (Å²) >= 11 is 0. The third-order valence-electron chi connectivity index (χ3n) is 4.38. The number of terminal acetylenes is 1. The van der Waals surface area contributed by atoms with E-state index in [2.05, 4.69) is 42.3 Å². The molecule has 1 nitrogen and oxygen atoms in total. The molecule has 3 aromatic rings. The lowest BCUT2D eigenvalue weighted by atomic mass is 9.81. The van der Waals surface area contributed by atoms with Crippen LogP contribution in [0.3, 0.4) is 0 Å². The number of hydrogen-bond donors (Lipinski definition) is 1. The van der Waals surface area contributed by atoms with Crippen molar-refractivity contribution in [3.05, 3.63) is 83.9 Å². The number of benzene rings is 3. The van der Waals surface area contributed by atoms with Gasteiger partial charge in [0.1, 0.15) is 0 Å². The van der Waals surface area contributed by atoms with Gasteiger partial charge in [-0.25, -0.2) is 0 Å². The first-order valence-electron chi connectivity index (χ1n) is 7.92. The molecule has 0 aliphatic heterocycles. The van der Waals surface area contributed by atoms with Crippen LogP contribution in [0.4, 0.5) is 0 Å². The lowest BCUT2D eigenvalue weighted by Gasteiger charge is -2.23. The quantitative estimate of drug-likeness (QED) is 0.692. The van der Waals surface area contributed by atoms with Crippen molar-refractivity contribution in [2.75, 3.05) is 6.61 Å². The zero-order valence-electron chi connectivity index (χ0n) is 13.0. The molecule has 0 spiro atoms. The summed E-state index contributed by atoms with van der Waals surface area (Å²) in [6.07, 6.45) is 6.64. The molecular weight excluding hydrogens is 280 g/mol. The van der Waals surface area contributed by atoms with Crippen LogP contribution in [0, 0.1) is 18.3 Å². The Morgan fingerprint density at radius 3 is 2.30 bits per heavy atom. The van der Waals surface area contributed by atoms with Crippen LogP contribution < -0.4 is 0 Å². The molecule has 114 valence electrons. The van der Waals surface area contributed by atoms with E-state index in [0.29, 0.717) is 0 Å². The van der Waals surface area contributed by atoms with Gasteiger partial charge in [-0.1, -0.05) is 78.7 Å². The third kappa shape index (κ3) is 3.28. The summed E-state index contributed by atoms with van der Waals surface area (Å²) in [6, 6.07) is 24.7. The molecule has 0 amide bonds. The maximum absolute atomic E-state index is 9.93. The van der Waals surface area contributed by atoms with Gasteiger partial charge in [-0.05, 0) is 28.3 Å². The zero-order valence-corrected chi connectivity index (χ0v) is 13.0. The molecule has 3 aromatic carbocycles. The minimum absolute atomic E-state index is 0.00760. The standard InChI is InChI=1S/C22H20O/c1-2-20(19(16-23)15-17-9-4-3-5-10-17)22-14-8-12-18-11-6-7-13-21(18)22/h1,3-14,19-20,23H,15-16H2/t19-,20-/m0/s1. The van der Waals surface area contributed by atoms with E-state index in [1.165, 1.54) is 16.3 Å². The molecule has 0 radical (unpaired) electrons. The first-order valence-corrected chi connectivity index (χ1v) is 7.92. The van der Waals surface area contributed by atoms with E-state index in [0.717, 1.165) is 12.0 Å². The number of aliphatic hydroxyl groups is 1. The highest BCUT2D eigenvalue weighted by Crippen LogP contribution is 2.32. The van der Waals surface area contributed by atoms with Gasteiger partial charge in [-0.2, -0.15) is 0 Å². The molecule has 2 atom stereocenters. The topological polar surface area (TPSA) is 20.2 Å². The molecule has 0 fully saturated rings. The monoisotopic (exact) mass is 300 g/mol. The highest BCUT2D eigenvalue weighted by Gasteiger charge is 2.22. The SMILES string of the molecule is C#C[C@H](c1cccc2ccccc12)[C@H](CO)Cc1ccccc1. The van der Waals surface area contributed by atoms with Gasteiger partial charge in [0.15, 0.2) is 0 Å². The first-order chi connectivity index (χ1) is 11.3. The number of aliphatic hydroxyl groups excluding tert-OH is 1. The van der Waals surface area contributed by atoms with Crippen molar-refractivity contribution in [1.29, 1.82) is 0 Å². The van der Waals surface area contributed by atoms with Crippen LogP contribution in [0.25, 0.3) is 10.8 Å². The van der Waals surface area contributed by atoms with Crippen LogP contribution >= 0.6 is 0 Å². The van der Waals surface area contributed by atoms with Crippen molar-refractivity contribution in [1.82, 2.24) is 0 Å². The Bertz CT molecular complexity index is 809. The Balaban J connectivity index is 1.98. The summed E-state index contributed by atoms with van der Waals surface area (Å²) < 4.78 is 0. The fraction of sp³-hybridized carbons (Fsp3) is 0.182. The summed E-state index contributed by atoms with van der Waals surface area (Å²) in [4.78, 5) is 0. The average molecular weight is 300 g/mol. The molecule has 0 aromatic heterocycles. The molecule has 0 saturated carbocycles. The van der Waals surface area contributed by atoms with Gasteiger partial charge < -0.3 is 5.11 Å². The number of fused-ring (bicyclic) bond motifs is 1. The third-order valence-corrected chi connectivity index (χ3v) is 4.38.